The number of likely N-dealkylation sites (N-methyl/N-ethyl adjacent to an activating group) is 1. The maximum absolute atomic E-state index is 13.8. The molecule has 3 atom stereocenters. The van der Waals surface area contributed by atoms with E-state index in [9.17, 15) is 14.4 Å². The molecule has 42 heavy (non-hydrogen) atoms. The second-order valence-electron chi connectivity index (χ2n) is 11.3. The van der Waals surface area contributed by atoms with Crippen LogP contribution in [0.2, 0.25) is 0 Å². The monoisotopic (exact) mass is 568 g/mol. The van der Waals surface area contributed by atoms with Crippen molar-refractivity contribution in [3.05, 3.63) is 95.6 Å². The van der Waals surface area contributed by atoms with Gasteiger partial charge in [-0.05, 0) is 80.1 Å². The van der Waals surface area contributed by atoms with Crippen molar-refractivity contribution in [2.24, 2.45) is 0 Å². The highest BCUT2D eigenvalue weighted by Gasteiger charge is 2.30. The average Bonchev–Trinajstić information content (AvgIpc) is 3.51. The second-order valence-corrected chi connectivity index (χ2v) is 11.3. The van der Waals surface area contributed by atoms with Gasteiger partial charge in [-0.1, -0.05) is 67.4 Å². The highest BCUT2D eigenvalue weighted by atomic mass is 16.5. The Labute approximate surface area is 247 Å². The Balaban J connectivity index is 1.46. The van der Waals surface area contributed by atoms with Gasteiger partial charge in [0.15, 0.2) is 0 Å². The van der Waals surface area contributed by atoms with Crippen LogP contribution >= 0.6 is 0 Å². The zero-order chi connectivity index (χ0) is 29.3. The van der Waals surface area contributed by atoms with Crippen molar-refractivity contribution >= 4 is 17.7 Å². The van der Waals surface area contributed by atoms with Crippen molar-refractivity contribution in [1.29, 1.82) is 0 Å². The average molecular weight is 569 g/mol. The molecule has 1 aliphatic heterocycles. The van der Waals surface area contributed by atoms with E-state index in [0.717, 1.165) is 42.4 Å². The normalized spacial score (nSPS) is 21.6. The van der Waals surface area contributed by atoms with Crippen LogP contribution in [0, 0.1) is 0 Å². The number of carbonyl (C=O) groups is 3. The predicted octanol–water partition coefficient (Wildman–Crippen LogP) is 3.83. The molecule has 0 radical (unpaired) electrons. The van der Waals surface area contributed by atoms with E-state index in [1.54, 1.807) is 7.05 Å². The maximum Gasteiger partial charge on any atom is 0.243 e. The van der Waals surface area contributed by atoms with E-state index < -0.39 is 18.1 Å². The summed E-state index contributed by atoms with van der Waals surface area (Å²) in [6, 6.07) is 23.1. The molecule has 8 nitrogen and oxygen atoms in total. The third kappa shape index (κ3) is 7.97. The van der Waals surface area contributed by atoms with Crippen LogP contribution in [0.1, 0.15) is 48.8 Å². The summed E-state index contributed by atoms with van der Waals surface area (Å²) >= 11 is 0. The van der Waals surface area contributed by atoms with Crippen LogP contribution < -0.4 is 26.0 Å². The first-order chi connectivity index (χ1) is 20.5. The van der Waals surface area contributed by atoms with Gasteiger partial charge in [0.1, 0.15) is 23.6 Å². The summed E-state index contributed by atoms with van der Waals surface area (Å²) in [5.74, 6) is 0.443. The molecule has 0 aromatic heterocycles. The lowest BCUT2D eigenvalue weighted by molar-refractivity contribution is -0.132. The Kier molecular flexibility index (Phi) is 9.87. The van der Waals surface area contributed by atoms with Gasteiger partial charge in [-0.3, -0.25) is 14.4 Å². The van der Waals surface area contributed by atoms with E-state index >= 15 is 0 Å². The van der Waals surface area contributed by atoms with Gasteiger partial charge in [0, 0.05) is 12.5 Å². The van der Waals surface area contributed by atoms with E-state index in [-0.39, 0.29) is 23.8 Å². The third-order valence-electron chi connectivity index (χ3n) is 8.11. The minimum absolute atomic E-state index is 0.113. The number of fused-ring (bicyclic) bond motifs is 4. The molecule has 8 heteroatoms. The molecule has 5 rings (SSSR count). The molecule has 3 amide bonds. The van der Waals surface area contributed by atoms with Gasteiger partial charge in [0.2, 0.25) is 17.7 Å². The quantitative estimate of drug-likeness (QED) is 0.362. The lowest BCUT2D eigenvalue weighted by Crippen LogP contribution is -2.57. The SMILES string of the molecule is CNC1Cc2cccc(c2)Oc2cccc(c2)CC(C(=O)NC2CCCC2)NC(=O)[C@H](CCc2ccccc2)NC1=O. The third-order valence-corrected chi connectivity index (χ3v) is 8.11. The van der Waals surface area contributed by atoms with E-state index in [1.165, 1.54) is 0 Å². The molecule has 2 aliphatic rings. The maximum atomic E-state index is 13.8. The number of amides is 3. The highest BCUT2D eigenvalue weighted by molar-refractivity contribution is 5.93. The van der Waals surface area contributed by atoms with Gasteiger partial charge < -0.3 is 26.0 Å². The van der Waals surface area contributed by atoms with E-state index in [1.807, 2.05) is 78.9 Å². The fraction of sp³-hybridized carbons (Fsp3) is 0.382. The molecule has 1 fully saturated rings. The molecule has 1 saturated carbocycles. The van der Waals surface area contributed by atoms with Gasteiger partial charge in [-0.25, -0.2) is 0 Å². The predicted molar refractivity (Wildman–Crippen MR) is 162 cm³/mol. The molecule has 220 valence electrons. The van der Waals surface area contributed by atoms with Crippen LogP contribution in [0.15, 0.2) is 78.9 Å². The van der Waals surface area contributed by atoms with Crippen LogP contribution in [0.4, 0.5) is 0 Å². The number of benzene rings is 3. The van der Waals surface area contributed by atoms with Crippen molar-refractivity contribution < 1.29 is 19.1 Å². The Morgan fingerprint density at radius 2 is 1.50 bits per heavy atom. The van der Waals surface area contributed by atoms with Crippen molar-refractivity contribution in [2.75, 3.05) is 7.05 Å². The van der Waals surface area contributed by atoms with Crippen LogP contribution in [-0.4, -0.2) is 48.9 Å². The standard InChI is InChI=1S/C34H40N4O4/c1-35-30-21-24-11-7-15-27(19-24)42-28-16-8-12-25(20-28)22-31(34(41)36-26-13-5-6-14-26)38-32(39)29(37-33(30)40)18-17-23-9-3-2-4-10-23/h2-4,7-12,15-16,19-20,26,29-31,35H,5-6,13-14,17-18,21-22H2,1H3,(H,36,41)(H,37,40)(H,38,39)/t29-,30?,31?/m0/s1. The molecule has 4 N–H and O–H groups in total. The van der Waals surface area contributed by atoms with Crippen LogP contribution in [0.25, 0.3) is 0 Å². The lowest BCUT2D eigenvalue weighted by Gasteiger charge is -2.26. The van der Waals surface area contributed by atoms with Crippen molar-refractivity contribution in [2.45, 2.75) is 75.5 Å². The number of ether oxygens (including phenoxy) is 1. The number of carbonyl (C=O) groups excluding carboxylic acids is 3. The van der Waals surface area contributed by atoms with Crippen LogP contribution in [-0.2, 0) is 33.6 Å². The summed E-state index contributed by atoms with van der Waals surface area (Å²) in [5.41, 5.74) is 2.86. The lowest BCUT2D eigenvalue weighted by atomic mass is 10.0. The second kappa shape index (κ2) is 14.1. The minimum atomic E-state index is -0.816. The molecule has 0 saturated heterocycles. The molecule has 3 aromatic carbocycles. The Morgan fingerprint density at radius 1 is 0.833 bits per heavy atom. The number of hydrogen-bond acceptors (Lipinski definition) is 5. The first-order valence-corrected chi connectivity index (χ1v) is 14.9. The van der Waals surface area contributed by atoms with Gasteiger partial charge >= 0.3 is 0 Å². The first kappa shape index (κ1) is 29.3. The molecule has 1 aliphatic carbocycles. The molecule has 2 unspecified atom stereocenters. The van der Waals surface area contributed by atoms with Crippen molar-refractivity contribution in [3.8, 4) is 11.5 Å². The summed E-state index contributed by atoms with van der Waals surface area (Å²) in [7, 11) is 1.73. The van der Waals surface area contributed by atoms with Crippen molar-refractivity contribution in [3.63, 3.8) is 0 Å². The minimum Gasteiger partial charge on any atom is -0.457 e. The Bertz CT molecular complexity index is 1370. The van der Waals surface area contributed by atoms with Gasteiger partial charge in [-0.2, -0.15) is 0 Å². The molecular weight excluding hydrogens is 528 g/mol. The summed E-state index contributed by atoms with van der Waals surface area (Å²) < 4.78 is 6.16. The van der Waals surface area contributed by atoms with E-state index in [4.69, 9.17) is 4.74 Å². The fourth-order valence-electron chi connectivity index (χ4n) is 5.76. The summed E-state index contributed by atoms with van der Waals surface area (Å²) in [6.45, 7) is 0. The summed E-state index contributed by atoms with van der Waals surface area (Å²) in [5, 5.41) is 12.2. The van der Waals surface area contributed by atoms with Crippen molar-refractivity contribution in [1.82, 2.24) is 21.3 Å². The molecule has 1 heterocycles. The van der Waals surface area contributed by atoms with Gasteiger partial charge in [-0.15, -0.1) is 0 Å². The zero-order valence-electron chi connectivity index (χ0n) is 24.1. The van der Waals surface area contributed by atoms with Gasteiger partial charge in [0.25, 0.3) is 0 Å². The summed E-state index contributed by atoms with van der Waals surface area (Å²) in [6.07, 6.45) is 5.76. The zero-order valence-corrected chi connectivity index (χ0v) is 24.1. The van der Waals surface area contributed by atoms with Gasteiger partial charge in [0.05, 0.1) is 6.04 Å². The summed E-state index contributed by atoms with van der Waals surface area (Å²) in [4.78, 5) is 40.9. The molecular formula is C34H40N4O4. The Hall–Kier alpha value is -4.17. The molecule has 3 aromatic rings. The first-order valence-electron chi connectivity index (χ1n) is 14.9. The molecule has 4 bridgehead atoms. The molecule has 0 spiro atoms. The van der Waals surface area contributed by atoms with Crippen LogP contribution in [0.3, 0.4) is 0 Å². The fourth-order valence-corrected chi connectivity index (χ4v) is 5.76. The Morgan fingerprint density at radius 3 is 2.17 bits per heavy atom. The number of rotatable bonds is 6. The topological polar surface area (TPSA) is 109 Å². The van der Waals surface area contributed by atoms with Crippen LogP contribution in [0.5, 0.6) is 11.5 Å². The smallest absolute Gasteiger partial charge is 0.243 e. The van der Waals surface area contributed by atoms with E-state index in [0.29, 0.717) is 37.2 Å². The number of hydrogen-bond donors (Lipinski definition) is 4. The number of nitrogens with one attached hydrogen (secondary N) is 4. The largest absolute Gasteiger partial charge is 0.457 e. The van der Waals surface area contributed by atoms with E-state index in [2.05, 4.69) is 21.3 Å². The number of aryl methyl sites for hydroxylation is 1. The highest BCUT2D eigenvalue weighted by Crippen LogP contribution is 2.25.